The minimum atomic E-state index is -0.757. The van der Waals surface area contributed by atoms with Crippen molar-refractivity contribution >= 4 is 5.97 Å². The molecule has 0 heterocycles. The lowest BCUT2D eigenvalue weighted by Gasteiger charge is -2.18. The zero-order valence-electron chi connectivity index (χ0n) is 7.12. The van der Waals surface area contributed by atoms with Crippen molar-refractivity contribution in [3.8, 4) is 0 Å². The van der Waals surface area contributed by atoms with Crippen LogP contribution in [-0.2, 0) is 4.79 Å². The number of carboxylic acid groups (broad SMARTS) is 1. The third-order valence-electron chi connectivity index (χ3n) is 2.29. The molecular formula is C10H14O2. The largest absolute Gasteiger partial charge is 0.478 e. The van der Waals surface area contributed by atoms with Crippen molar-refractivity contribution in [1.29, 1.82) is 0 Å². The second-order valence-electron chi connectivity index (χ2n) is 3.20. The maximum Gasteiger partial charge on any atom is 0.331 e. The Morgan fingerprint density at radius 3 is 3.00 bits per heavy atom. The van der Waals surface area contributed by atoms with Gasteiger partial charge in [0, 0.05) is 5.57 Å². The summed E-state index contributed by atoms with van der Waals surface area (Å²) >= 11 is 0. The molecule has 0 aromatic rings. The lowest BCUT2D eigenvalue weighted by molar-refractivity contribution is -0.132. The topological polar surface area (TPSA) is 37.3 Å². The van der Waals surface area contributed by atoms with Crippen LogP contribution in [0.15, 0.2) is 24.3 Å². The van der Waals surface area contributed by atoms with Gasteiger partial charge in [-0.2, -0.15) is 0 Å². The fraction of sp³-hybridized carbons (Fsp3) is 0.500. The first-order valence-electron chi connectivity index (χ1n) is 4.27. The predicted octanol–water partition coefficient (Wildman–Crippen LogP) is 2.37. The first kappa shape index (κ1) is 9.04. The molecule has 0 spiro atoms. The number of rotatable bonds is 3. The second-order valence-corrected chi connectivity index (χ2v) is 3.20. The number of carbonyl (C=O) groups is 1. The highest BCUT2D eigenvalue weighted by atomic mass is 16.4. The normalized spacial score (nSPS) is 23.0. The van der Waals surface area contributed by atoms with E-state index in [9.17, 15) is 4.79 Å². The van der Waals surface area contributed by atoms with Crippen LogP contribution in [-0.4, -0.2) is 11.1 Å². The van der Waals surface area contributed by atoms with Gasteiger partial charge in [-0.05, 0) is 31.6 Å². The highest BCUT2D eigenvalue weighted by Gasteiger charge is 2.16. The Labute approximate surface area is 72.6 Å². The monoisotopic (exact) mass is 166 g/mol. The minimum absolute atomic E-state index is 0.579. The van der Waals surface area contributed by atoms with Gasteiger partial charge < -0.3 is 5.11 Å². The van der Waals surface area contributed by atoms with Crippen LogP contribution in [0.2, 0.25) is 0 Å². The Bertz CT molecular complexity index is 216. The van der Waals surface area contributed by atoms with Crippen molar-refractivity contribution in [3.63, 3.8) is 0 Å². The number of aliphatic carboxylic acids is 1. The molecule has 66 valence electrons. The highest BCUT2D eigenvalue weighted by Crippen LogP contribution is 2.26. The van der Waals surface area contributed by atoms with Crippen LogP contribution in [0.25, 0.3) is 0 Å². The van der Waals surface area contributed by atoms with Gasteiger partial charge in [-0.3, -0.25) is 0 Å². The minimum Gasteiger partial charge on any atom is -0.478 e. The van der Waals surface area contributed by atoms with Crippen molar-refractivity contribution in [1.82, 2.24) is 0 Å². The lowest BCUT2D eigenvalue weighted by Crippen LogP contribution is -2.10. The smallest absolute Gasteiger partial charge is 0.331 e. The standard InChI is InChI=1S/C10H14O2/c1-2-3-8-4-6-9(7-5-8)10(11)12/h2,6,8H,1,3-5,7H2,(H,11,12). The fourth-order valence-electron chi connectivity index (χ4n) is 1.53. The molecule has 2 heteroatoms. The van der Waals surface area contributed by atoms with E-state index in [1.165, 1.54) is 0 Å². The lowest BCUT2D eigenvalue weighted by atomic mass is 9.87. The van der Waals surface area contributed by atoms with Gasteiger partial charge in [0.2, 0.25) is 0 Å². The number of allylic oxidation sites excluding steroid dienone is 2. The van der Waals surface area contributed by atoms with Gasteiger partial charge >= 0.3 is 5.97 Å². The van der Waals surface area contributed by atoms with Gasteiger partial charge in [0.15, 0.2) is 0 Å². The van der Waals surface area contributed by atoms with E-state index in [0.717, 1.165) is 19.3 Å². The number of carboxylic acids is 1. The zero-order chi connectivity index (χ0) is 8.97. The van der Waals surface area contributed by atoms with Crippen molar-refractivity contribution < 1.29 is 9.90 Å². The van der Waals surface area contributed by atoms with Gasteiger partial charge in [0.25, 0.3) is 0 Å². The molecule has 1 aliphatic carbocycles. The Kier molecular flexibility index (Phi) is 3.09. The van der Waals surface area contributed by atoms with Crippen LogP contribution >= 0.6 is 0 Å². The molecule has 1 rings (SSSR count). The second kappa shape index (κ2) is 4.10. The summed E-state index contributed by atoms with van der Waals surface area (Å²) < 4.78 is 0. The summed E-state index contributed by atoms with van der Waals surface area (Å²) in [5, 5.41) is 8.67. The molecule has 0 aliphatic heterocycles. The van der Waals surface area contributed by atoms with Gasteiger partial charge in [0.05, 0.1) is 0 Å². The first-order valence-corrected chi connectivity index (χ1v) is 4.27. The van der Waals surface area contributed by atoms with Crippen LogP contribution in [0, 0.1) is 5.92 Å². The van der Waals surface area contributed by atoms with E-state index in [0.29, 0.717) is 17.9 Å². The molecule has 0 saturated carbocycles. The average molecular weight is 166 g/mol. The van der Waals surface area contributed by atoms with E-state index in [1.54, 1.807) is 0 Å². The quantitative estimate of drug-likeness (QED) is 0.653. The van der Waals surface area contributed by atoms with E-state index >= 15 is 0 Å². The molecule has 1 unspecified atom stereocenters. The molecule has 0 fully saturated rings. The summed E-state index contributed by atoms with van der Waals surface area (Å²) in [7, 11) is 0. The molecule has 0 aromatic carbocycles. The van der Waals surface area contributed by atoms with Crippen LogP contribution in [0.3, 0.4) is 0 Å². The molecule has 0 aromatic heterocycles. The average Bonchev–Trinajstić information content (AvgIpc) is 2.06. The molecule has 12 heavy (non-hydrogen) atoms. The van der Waals surface area contributed by atoms with E-state index < -0.39 is 5.97 Å². The van der Waals surface area contributed by atoms with E-state index in [4.69, 9.17) is 5.11 Å². The van der Waals surface area contributed by atoms with Crippen molar-refractivity contribution in [2.24, 2.45) is 5.92 Å². The zero-order valence-corrected chi connectivity index (χ0v) is 7.12. The molecule has 1 atom stereocenters. The third kappa shape index (κ3) is 2.22. The molecule has 0 saturated heterocycles. The molecule has 1 aliphatic rings. The predicted molar refractivity (Wildman–Crippen MR) is 47.9 cm³/mol. The maximum absolute atomic E-state index is 10.5. The summed E-state index contributed by atoms with van der Waals surface area (Å²) in [4.78, 5) is 10.5. The van der Waals surface area contributed by atoms with Crippen molar-refractivity contribution in [2.45, 2.75) is 25.7 Å². The van der Waals surface area contributed by atoms with Crippen molar-refractivity contribution in [2.75, 3.05) is 0 Å². The summed E-state index contributed by atoms with van der Waals surface area (Å²) in [5.41, 5.74) is 0.579. The fourth-order valence-corrected chi connectivity index (χ4v) is 1.53. The van der Waals surface area contributed by atoms with Gasteiger partial charge in [-0.1, -0.05) is 12.2 Å². The van der Waals surface area contributed by atoms with Crippen LogP contribution < -0.4 is 0 Å². The Morgan fingerprint density at radius 2 is 2.58 bits per heavy atom. The number of hydrogen-bond donors (Lipinski definition) is 1. The van der Waals surface area contributed by atoms with Crippen molar-refractivity contribution in [3.05, 3.63) is 24.3 Å². The SMILES string of the molecule is C=CCC1CC=C(C(=O)O)CC1. The summed E-state index contributed by atoms with van der Waals surface area (Å²) in [6.07, 6.45) is 7.36. The molecular weight excluding hydrogens is 152 g/mol. The summed E-state index contributed by atoms with van der Waals surface area (Å²) in [6.45, 7) is 3.67. The Hall–Kier alpha value is -1.05. The molecule has 0 bridgehead atoms. The first-order chi connectivity index (χ1) is 5.74. The van der Waals surface area contributed by atoms with Gasteiger partial charge in [-0.25, -0.2) is 4.79 Å². The highest BCUT2D eigenvalue weighted by molar-refractivity contribution is 5.86. The van der Waals surface area contributed by atoms with E-state index in [-0.39, 0.29) is 0 Å². The molecule has 2 nitrogen and oxygen atoms in total. The van der Waals surface area contributed by atoms with Gasteiger partial charge in [0.1, 0.15) is 0 Å². The van der Waals surface area contributed by atoms with Crippen LogP contribution in [0.1, 0.15) is 25.7 Å². The van der Waals surface area contributed by atoms with Crippen LogP contribution in [0.4, 0.5) is 0 Å². The number of hydrogen-bond acceptors (Lipinski definition) is 1. The molecule has 1 N–H and O–H groups in total. The molecule has 0 radical (unpaired) electrons. The Balaban J connectivity index is 2.47. The van der Waals surface area contributed by atoms with E-state index in [1.807, 2.05) is 12.2 Å². The third-order valence-corrected chi connectivity index (χ3v) is 2.29. The Morgan fingerprint density at radius 1 is 1.83 bits per heavy atom. The summed E-state index contributed by atoms with van der Waals surface area (Å²) in [5.74, 6) is -0.141. The maximum atomic E-state index is 10.5. The van der Waals surface area contributed by atoms with Crippen LogP contribution in [0.5, 0.6) is 0 Å². The molecule has 0 amide bonds. The van der Waals surface area contributed by atoms with E-state index in [2.05, 4.69) is 6.58 Å². The van der Waals surface area contributed by atoms with Gasteiger partial charge in [-0.15, -0.1) is 6.58 Å². The summed E-state index contributed by atoms with van der Waals surface area (Å²) in [6, 6.07) is 0.